The molecule has 0 aliphatic carbocycles. The summed E-state index contributed by atoms with van der Waals surface area (Å²) in [5, 5.41) is 6.53. The normalized spacial score (nSPS) is 12.8. The van der Waals surface area contributed by atoms with E-state index in [1.165, 1.54) is 4.31 Å². The largest absolute Gasteiger partial charge is 0.325 e. The Kier molecular flexibility index (Phi) is 8.00. The number of amides is 1. The summed E-state index contributed by atoms with van der Waals surface area (Å²) in [5.41, 5.74) is 1.58. The zero-order valence-electron chi connectivity index (χ0n) is 16.3. The lowest BCUT2D eigenvalue weighted by Crippen LogP contribution is -2.31. The van der Waals surface area contributed by atoms with Crippen molar-refractivity contribution in [3.05, 3.63) is 59.1 Å². The third-order valence-electron chi connectivity index (χ3n) is 4.42. The van der Waals surface area contributed by atoms with Gasteiger partial charge in [0.05, 0.1) is 11.4 Å². The van der Waals surface area contributed by atoms with Crippen molar-refractivity contribution in [2.45, 2.75) is 31.7 Å². The number of carbonyl (C=O) groups is 1. The van der Waals surface area contributed by atoms with Crippen LogP contribution in [0.5, 0.6) is 0 Å². The summed E-state index contributed by atoms with van der Waals surface area (Å²) in [6.45, 7) is 6.54. The molecule has 0 aliphatic rings. The van der Waals surface area contributed by atoms with E-state index in [0.717, 1.165) is 5.56 Å². The highest BCUT2D eigenvalue weighted by Gasteiger charge is 2.21. The van der Waals surface area contributed by atoms with Gasteiger partial charge in [0.1, 0.15) is 0 Å². The molecule has 2 aromatic rings. The lowest BCUT2D eigenvalue weighted by atomic mass is 10.1. The molecule has 2 N–H and O–H groups in total. The Hall–Kier alpha value is -1.93. The number of hydrogen-bond donors (Lipinski definition) is 2. The summed E-state index contributed by atoms with van der Waals surface area (Å²) < 4.78 is 26.5. The average Bonchev–Trinajstić information content (AvgIpc) is 2.68. The summed E-state index contributed by atoms with van der Waals surface area (Å²) in [5.74, 6) is -0.171. The van der Waals surface area contributed by atoms with Crippen LogP contribution >= 0.6 is 11.6 Å². The van der Waals surface area contributed by atoms with Crippen LogP contribution in [-0.2, 0) is 14.8 Å². The third-order valence-corrected chi connectivity index (χ3v) is 6.74. The van der Waals surface area contributed by atoms with E-state index in [4.69, 9.17) is 11.6 Å². The molecule has 6 nitrogen and oxygen atoms in total. The topological polar surface area (TPSA) is 78.5 Å². The number of hydrogen-bond acceptors (Lipinski definition) is 4. The van der Waals surface area contributed by atoms with Gasteiger partial charge in [0.2, 0.25) is 15.9 Å². The van der Waals surface area contributed by atoms with Gasteiger partial charge in [-0.2, -0.15) is 4.31 Å². The fourth-order valence-corrected chi connectivity index (χ4v) is 4.33. The van der Waals surface area contributed by atoms with Crippen molar-refractivity contribution >= 4 is 33.2 Å². The van der Waals surface area contributed by atoms with E-state index in [2.05, 4.69) is 10.6 Å². The number of nitrogens with zero attached hydrogens (tertiary/aromatic N) is 1. The van der Waals surface area contributed by atoms with Gasteiger partial charge in [-0.3, -0.25) is 4.79 Å². The molecule has 0 spiro atoms. The number of carbonyl (C=O) groups excluding carboxylic acids is 1. The van der Waals surface area contributed by atoms with Crippen LogP contribution in [0.25, 0.3) is 0 Å². The average molecular weight is 424 g/mol. The van der Waals surface area contributed by atoms with Gasteiger partial charge < -0.3 is 10.6 Å². The minimum absolute atomic E-state index is 0.110. The number of anilines is 1. The molecule has 1 amide bonds. The third kappa shape index (κ3) is 5.78. The quantitative estimate of drug-likeness (QED) is 0.645. The molecule has 152 valence electrons. The Morgan fingerprint density at radius 3 is 2.14 bits per heavy atom. The van der Waals surface area contributed by atoms with Gasteiger partial charge in [-0.1, -0.05) is 37.6 Å². The van der Waals surface area contributed by atoms with E-state index in [0.29, 0.717) is 23.8 Å². The van der Waals surface area contributed by atoms with Crippen molar-refractivity contribution in [1.82, 2.24) is 9.62 Å². The smallest absolute Gasteiger partial charge is 0.243 e. The van der Waals surface area contributed by atoms with Gasteiger partial charge in [0.25, 0.3) is 0 Å². The van der Waals surface area contributed by atoms with Crippen LogP contribution in [0.2, 0.25) is 5.02 Å². The molecule has 0 bridgehead atoms. The maximum absolute atomic E-state index is 12.5. The molecule has 2 rings (SSSR count). The van der Waals surface area contributed by atoms with Crippen LogP contribution in [0, 0.1) is 0 Å². The molecule has 8 heteroatoms. The van der Waals surface area contributed by atoms with E-state index in [1.807, 2.05) is 20.8 Å². The molecular weight excluding hydrogens is 398 g/mol. The molecule has 0 saturated heterocycles. The Balaban J connectivity index is 1.94. The molecule has 2 aromatic carbocycles. The molecule has 0 unspecified atom stereocenters. The Morgan fingerprint density at radius 1 is 1.04 bits per heavy atom. The predicted molar refractivity (Wildman–Crippen MR) is 113 cm³/mol. The number of benzene rings is 2. The zero-order valence-corrected chi connectivity index (χ0v) is 17.8. The van der Waals surface area contributed by atoms with Crippen molar-refractivity contribution in [1.29, 1.82) is 0 Å². The highest BCUT2D eigenvalue weighted by molar-refractivity contribution is 7.89. The van der Waals surface area contributed by atoms with Crippen LogP contribution in [-0.4, -0.2) is 38.3 Å². The number of sulfonamides is 1. The van der Waals surface area contributed by atoms with Crippen molar-refractivity contribution in [3.63, 3.8) is 0 Å². The minimum Gasteiger partial charge on any atom is -0.325 e. The first-order chi connectivity index (χ1) is 13.3. The summed E-state index contributed by atoms with van der Waals surface area (Å²) in [7, 11) is -3.47. The van der Waals surface area contributed by atoms with Crippen LogP contribution in [0.4, 0.5) is 5.69 Å². The van der Waals surface area contributed by atoms with E-state index >= 15 is 0 Å². The Bertz CT molecular complexity index is 880. The van der Waals surface area contributed by atoms with E-state index in [9.17, 15) is 13.2 Å². The summed E-state index contributed by atoms with van der Waals surface area (Å²) in [4.78, 5) is 12.3. The Morgan fingerprint density at radius 2 is 1.61 bits per heavy atom. The van der Waals surface area contributed by atoms with Crippen LogP contribution in [0.3, 0.4) is 0 Å². The predicted octanol–water partition coefficient (Wildman–Crippen LogP) is 3.66. The minimum atomic E-state index is -3.47. The molecule has 0 aromatic heterocycles. The Labute approximate surface area is 171 Å². The SMILES string of the molecule is CCN(CC)S(=O)(=O)c1ccc([C@@H](C)NCC(=O)Nc2ccc(Cl)cc2)cc1. The lowest BCUT2D eigenvalue weighted by Gasteiger charge is -2.19. The van der Waals surface area contributed by atoms with E-state index in [-0.39, 0.29) is 23.4 Å². The fraction of sp³-hybridized carbons (Fsp3) is 0.350. The summed E-state index contributed by atoms with van der Waals surface area (Å²) in [6, 6.07) is 13.5. The second-order valence-corrected chi connectivity index (χ2v) is 8.69. The van der Waals surface area contributed by atoms with Crippen molar-refractivity contribution in [2.75, 3.05) is 25.0 Å². The van der Waals surface area contributed by atoms with Gasteiger partial charge in [-0.15, -0.1) is 0 Å². The first-order valence-electron chi connectivity index (χ1n) is 9.16. The second-order valence-electron chi connectivity index (χ2n) is 6.32. The van der Waals surface area contributed by atoms with Crippen LogP contribution in [0.1, 0.15) is 32.4 Å². The second kappa shape index (κ2) is 10.0. The highest BCUT2D eigenvalue weighted by Crippen LogP contribution is 2.19. The zero-order chi connectivity index (χ0) is 20.7. The van der Waals surface area contributed by atoms with Crippen LogP contribution in [0.15, 0.2) is 53.4 Å². The lowest BCUT2D eigenvalue weighted by molar-refractivity contribution is -0.115. The molecule has 1 atom stereocenters. The fourth-order valence-electron chi connectivity index (χ4n) is 2.74. The molecule has 0 fully saturated rings. The molecule has 0 saturated carbocycles. The molecule has 28 heavy (non-hydrogen) atoms. The van der Waals surface area contributed by atoms with Crippen molar-refractivity contribution < 1.29 is 13.2 Å². The van der Waals surface area contributed by atoms with Gasteiger partial charge in [-0.25, -0.2) is 8.42 Å². The van der Waals surface area contributed by atoms with Crippen LogP contribution < -0.4 is 10.6 Å². The summed E-state index contributed by atoms with van der Waals surface area (Å²) in [6.07, 6.45) is 0. The monoisotopic (exact) mass is 423 g/mol. The maximum Gasteiger partial charge on any atom is 0.243 e. The van der Waals surface area contributed by atoms with Gasteiger partial charge in [0, 0.05) is 29.8 Å². The van der Waals surface area contributed by atoms with Gasteiger partial charge in [-0.05, 0) is 48.9 Å². The van der Waals surface area contributed by atoms with E-state index < -0.39 is 10.0 Å². The number of rotatable bonds is 9. The summed E-state index contributed by atoms with van der Waals surface area (Å²) >= 11 is 5.83. The maximum atomic E-state index is 12.5. The standard InChI is InChI=1S/C20H26ClN3O3S/c1-4-24(5-2)28(26,27)19-12-6-16(7-13-19)15(3)22-14-20(25)23-18-10-8-17(21)9-11-18/h6-13,15,22H,4-5,14H2,1-3H3,(H,23,25)/t15-/m1/s1. The number of nitrogens with one attached hydrogen (secondary N) is 2. The van der Waals surface area contributed by atoms with E-state index in [1.54, 1.807) is 48.5 Å². The van der Waals surface area contributed by atoms with Gasteiger partial charge >= 0.3 is 0 Å². The molecule has 0 aliphatic heterocycles. The first kappa shape index (κ1) is 22.4. The molecule has 0 heterocycles. The van der Waals surface area contributed by atoms with Crippen molar-refractivity contribution in [2.24, 2.45) is 0 Å². The van der Waals surface area contributed by atoms with Gasteiger partial charge in [0.15, 0.2) is 0 Å². The number of halogens is 1. The molecule has 0 radical (unpaired) electrons. The first-order valence-corrected chi connectivity index (χ1v) is 11.0. The van der Waals surface area contributed by atoms with Crippen molar-refractivity contribution in [3.8, 4) is 0 Å². The molecular formula is C20H26ClN3O3S. The highest BCUT2D eigenvalue weighted by atomic mass is 35.5.